The molecule has 1 aliphatic carbocycles. The van der Waals surface area contributed by atoms with Crippen LogP contribution in [0.5, 0.6) is 0 Å². The molecule has 0 aromatic heterocycles. The van der Waals surface area contributed by atoms with Gasteiger partial charge in [-0.25, -0.2) is 9.18 Å². The number of halogens is 2. The van der Waals surface area contributed by atoms with E-state index < -0.39 is 17.7 Å². The van der Waals surface area contributed by atoms with E-state index in [4.69, 9.17) is 9.47 Å². The van der Waals surface area contributed by atoms with E-state index in [-0.39, 0.29) is 17.5 Å². The van der Waals surface area contributed by atoms with Crippen molar-refractivity contribution in [2.75, 3.05) is 7.11 Å². The van der Waals surface area contributed by atoms with Crippen molar-refractivity contribution in [3.8, 4) is 0 Å². The molecule has 1 aliphatic heterocycles. The molecular weight excluding hydrogens is 379 g/mol. The third-order valence-electron chi connectivity index (χ3n) is 4.73. The standard InChI is InChI=1S/C18H18BrFO4/c1-23-16(21)14-10-13(11-5-7-12(20)8-6-11)18(17(22)24-14)9-3-2-4-15(18)19/h4-8,10,13,17,22H,2-3,9H2,1H3/t13-,17?,18+/m0/s1. The number of ether oxygens (including phenoxy) is 2. The van der Waals surface area contributed by atoms with E-state index in [2.05, 4.69) is 15.9 Å². The van der Waals surface area contributed by atoms with Crippen molar-refractivity contribution in [2.45, 2.75) is 31.5 Å². The fraction of sp³-hybridized carbons (Fsp3) is 0.389. The van der Waals surface area contributed by atoms with Crippen molar-refractivity contribution in [2.24, 2.45) is 5.41 Å². The Kier molecular flexibility index (Phi) is 4.78. The number of aliphatic hydroxyl groups is 1. The van der Waals surface area contributed by atoms with Gasteiger partial charge in [-0.2, -0.15) is 0 Å². The largest absolute Gasteiger partial charge is 0.463 e. The highest BCUT2D eigenvalue weighted by Gasteiger charge is 2.52. The predicted octanol–water partition coefficient (Wildman–Crippen LogP) is 3.76. The van der Waals surface area contributed by atoms with Crippen LogP contribution in [0.25, 0.3) is 0 Å². The number of hydrogen-bond acceptors (Lipinski definition) is 4. The Morgan fingerprint density at radius 1 is 1.42 bits per heavy atom. The molecule has 0 radical (unpaired) electrons. The van der Waals surface area contributed by atoms with E-state index in [0.717, 1.165) is 22.9 Å². The van der Waals surface area contributed by atoms with Crippen LogP contribution in [0.3, 0.4) is 0 Å². The summed E-state index contributed by atoms with van der Waals surface area (Å²) in [6.07, 6.45) is 4.93. The van der Waals surface area contributed by atoms with Crippen LogP contribution < -0.4 is 0 Å². The Labute approximate surface area is 148 Å². The molecule has 0 saturated heterocycles. The summed E-state index contributed by atoms with van der Waals surface area (Å²) in [5, 5.41) is 10.7. The molecule has 24 heavy (non-hydrogen) atoms. The SMILES string of the molecule is COC(=O)C1=C[C@@H](c2ccc(F)cc2)[C@@]2(CCCC=C2Br)C(O)O1. The molecular formula is C18H18BrFO4. The first-order chi connectivity index (χ1) is 11.5. The van der Waals surface area contributed by atoms with E-state index >= 15 is 0 Å². The second kappa shape index (κ2) is 6.69. The smallest absolute Gasteiger partial charge is 0.373 e. The number of carbonyl (C=O) groups excluding carboxylic acids is 1. The van der Waals surface area contributed by atoms with Crippen molar-refractivity contribution < 1.29 is 23.8 Å². The van der Waals surface area contributed by atoms with E-state index in [1.54, 1.807) is 18.2 Å². The van der Waals surface area contributed by atoms with Gasteiger partial charge in [-0.15, -0.1) is 0 Å². The van der Waals surface area contributed by atoms with Crippen LogP contribution in [-0.2, 0) is 14.3 Å². The second-order valence-corrected chi connectivity index (χ2v) is 6.86. The second-order valence-electron chi connectivity index (χ2n) is 6.01. The molecule has 128 valence electrons. The lowest BCUT2D eigenvalue weighted by atomic mass is 9.65. The molecule has 1 heterocycles. The first-order valence-electron chi connectivity index (χ1n) is 7.75. The number of rotatable bonds is 2. The zero-order valence-corrected chi connectivity index (χ0v) is 14.8. The maximum atomic E-state index is 13.3. The van der Waals surface area contributed by atoms with E-state index in [9.17, 15) is 14.3 Å². The number of hydrogen-bond donors (Lipinski definition) is 1. The van der Waals surface area contributed by atoms with Gasteiger partial charge in [0.15, 0.2) is 0 Å². The number of esters is 1. The predicted molar refractivity (Wildman–Crippen MR) is 89.6 cm³/mol. The van der Waals surface area contributed by atoms with Crippen molar-refractivity contribution >= 4 is 21.9 Å². The first kappa shape index (κ1) is 17.2. The lowest BCUT2D eigenvalue weighted by Gasteiger charge is -2.47. The van der Waals surface area contributed by atoms with Crippen molar-refractivity contribution in [1.29, 1.82) is 0 Å². The highest BCUT2D eigenvalue weighted by Crippen LogP contribution is 2.56. The average molecular weight is 397 g/mol. The molecule has 0 bridgehead atoms. The summed E-state index contributed by atoms with van der Waals surface area (Å²) in [5.41, 5.74) is 0.0561. The molecule has 0 saturated carbocycles. The van der Waals surface area contributed by atoms with Crippen LogP contribution in [0.1, 0.15) is 30.7 Å². The highest BCUT2D eigenvalue weighted by atomic mass is 79.9. The molecule has 4 nitrogen and oxygen atoms in total. The Morgan fingerprint density at radius 2 is 2.12 bits per heavy atom. The van der Waals surface area contributed by atoms with Gasteiger partial charge >= 0.3 is 5.97 Å². The van der Waals surface area contributed by atoms with Gasteiger partial charge in [0.1, 0.15) is 5.82 Å². The number of aliphatic hydroxyl groups excluding tert-OH is 1. The monoisotopic (exact) mass is 396 g/mol. The van der Waals surface area contributed by atoms with Crippen molar-refractivity contribution in [3.63, 3.8) is 0 Å². The van der Waals surface area contributed by atoms with Crippen LogP contribution in [-0.4, -0.2) is 24.5 Å². The van der Waals surface area contributed by atoms with Crippen LogP contribution >= 0.6 is 15.9 Å². The van der Waals surface area contributed by atoms with Crippen molar-refractivity contribution in [3.05, 3.63) is 58.0 Å². The third-order valence-corrected chi connectivity index (χ3v) is 5.79. The van der Waals surface area contributed by atoms with Crippen LogP contribution in [0.15, 0.2) is 46.7 Å². The first-order valence-corrected chi connectivity index (χ1v) is 8.55. The fourth-order valence-electron chi connectivity index (χ4n) is 3.48. The minimum absolute atomic E-state index is 0.0316. The Bertz CT molecular complexity index is 697. The molecule has 1 unspecified atom stereocenters. The van der Waals surface area contributed by atoms with E-state index in [0.29, 0.717) is 6.42 Å². The summed E-state index contributed by atoms with van der Waals surface area (Å²) < 4.78 is 24.3. The number of methoxy groups -OCH3 is 1. The number of allylic oxidation sites excluding steroid dienone is 2. The van der Waals surface area contributed by atoms with Crippen LogP contribution in [0.2, 0.25) is 0 Å². The maximum absolute atomic E-state index is 13.3. The Morgan fingerprint density at radius 3 is 2.75 bits per heavy atom. The molecule has 1 aromatic rings. The van der Waals surface area contributed by atoms with Gasteiger partial charge in [0.2, 0.25) is 12.0 Å². The molecule has 1 aromatic carbocycles. The summed E-state index contributed by atoms with van der Waals surface area (Å²) in [6.45, 7) is 0. The normalized spacial score (nSPS) is 29.5. The van der Waals surface area contributed by atoms with Gasteiger partial charge in [0.05, 0.1) is 12.5 Å². The Hall–Kier alpha value is -1.66. The summed E-state index contributed by atoms with van der Waals surface area (Å²) in [7, 11) is 1.26. The molecule has 1 spiro atoms. The molecule has 1 N–H and O–H groups in total. The average Bonchev–Trinajstić information content (AvgIpc) is 2.59. The molecule has 2 aliphatic rings. The topological polar surface area (TPSA) is 55.8 Å². The van der Waals surface area contributed by atoms with Gasteiger partial charge in [-0.05, 0) is 43.0 Å². The van der Waals surface area contributed by atoms with Gasteiger partial charge < -0.3 is 14.6 Å². The van der Waals surface area contributed by atoms with Crippen LogP contribution in [0, 0.1) is 11.2 Å². The number of carbonyl (C=O) groups is 1. The quantitative estimate of drug-likeness (QED) is 0.773. The molecule has 3 rings (SSSR count). The summed E-state index contributed by atoms with van der Waals surface area (Å²) >= 11 is 3.58. The minimum Gasteiger partial charge on any atom is -0.463 e. The molecule has 6 heteroatoms. The summed E-state index contributed by atoms with van der Waals surface area (Å²) in [6, 6.07) is 6.08. The third kappa shape index (κ3) is 2.78. The lowest BCUT2D eigenvalue weighted by molar-refractivity contribution is -0.172. The lowest BCUT2D eigenvalue weighted by Crippen LogP contribution is -2.46. The minimum atomic E-state index is -1.21. The van der Waals surface area contributed by atoms with Crippen LogP contribution in [0.4, 0.5) is 4.39 Å². The zero-order valence-electron chi connectivity index (χ0n) is 13.2. The summed E-state index contributed by atoms with van der Waals surface area (Å²) in [4.78, 5) is 11.9. The fourth-order valence-corrected chi connectivity index (χ4v) is 4.35. The summed E-state index contributed by atoms with van der Waals surface area (Å²) in [5.74, 6) is -1.36. The van der Waals surface area contributed by atoms with Gasteiger partial charge in [0.25, 0.3) is 0 Å². The molecule has 0 amide bonds. The number of benzene rings is 1. The van der Waals surface area contributed by atoms with Gasteiger partial charge in [-0.1, -0.05) is 34.1 Å². The Balaban J connectivity index is 2.15. The van der Waals surface area contributed by atoms with E-state index in [1.807, 2.05) is 6.08 Å². The molecule has 3 atom stereocenters. The van der Waals surface area contributed by atoms with Crippen molar-refractivity contribution in [1.82, 2.24) is 0 Å². The maximum Gasteiger partial charge on any atom is 0.373 e. The van der Waals surface area contributed by atoms with Gasteiger partial charge in [-0.3, -0.25) is 0 Å². The van der Waals surface area contributed by atoms with Gasteiger partial charge in [0, 0.05) is 10.4 Å². The molecule has 0 fully saturated rings. The zero-order chi connectivity index (χ0) is 17.3. The highest BCUT2D eigenvalue weighted by molar-refractivity contribution is 9.11. The van der Waals surface area contributed by atoms with E-state index in [1.165, 1.54) is 19.2 Å².